The number of aromatic nitrogens is 1. The molecule has 1 heterocycles. The second-order valence-electron chi connectivity index (χ2n) is 9.50. The molecular formula is C28H36N3O5S+. The first-order chi connectivity index (χ1) is 17.6. The van der Waals surface area contributed by atoms with Crippen molar-refractivity contribution in [3.05, 3.63) is 90.3 Å². The average molecular weight is 527 g/mol. The maximum Gasteiger partial charge on any atom is 0.344 e. The molecule has 1 aromatic heterocycles. The Kier molecular flexibility index (Phi) is 9.93. The number of likely N-dealkylation sites (N-methyl/N-ethyl adjacent to an activating group) is 1. The molecular weight excluding hydrogens is 490 g/mol. The Morgan fingerprint density at radius 3 is 2.19 bits per heavy atom. The summed E-state index contributed by atoms with van der Waals surface area (Å²) >= 11 is 0. The number of hydrogen-bond donors (Lipinski definition) is 2. The molecule has 0 aliphatic carbocycles. The monoisotopic (exact) mass is 526 g/mol. The molecule has 2 aromatic carbocycles. The predicted octanol–water partition coefficient (Wildman–Crippen LogP) is 2.06. The minimum atomic E-state index is -3.91. The van der Waals surface area contributed by atoms with Crippen molar-refractivity contribution < 1.29 is 28.0 Å². The first-order valence-corrected chi connectivity index (χ1v) is 13.7. The first kappa shape index (κ1) is 28.5. The van der Waals surface area contributed by atoms with Gasteiger partial charge in [-0.3, -0.25) is 9.88 Å². The SMILES string of the molecule is COc1ccc(S(=O)(=O)N(CC(C)C)C[C@@H](O)[C@H](Cc2ccccc2)[NH+](C)C(=O)c2ccncc2)cc1. The van der Waals surface area contributed by atoms with Gasteiger partial charge >= 0.3 is 5.91 Å². The molecule has 3 rings (SSSR count). The number of ether oxygens (including phenoxy) is 1. The van der Waals surface area contributed by atoms with E-state index in [-0.39, 0.29) is 29.8 Å². The summed E-state index contributed by atoms with van der Waals surface area (Å²) in [5.74, 6) is 0.379. The van der Waals surface area contributed by atoms with Crippen molar-refractivity contribution in [2.75, 3.05) is 27.2 Å². The molecule has 1 amide bonds. The van der Waals surface area contributed by atoms with Crippen LogP contribution in [0.5, 0.6) is 5.75 Å². The van der Waals surface area contributed by atoms with E-state index in [1.165, 1.54) is 23.5 Å². The third-order valence-corrected chi connectivity index (χ3v) is 8.12. The van der Waals surface area contributed by atoms with Crippen LogP contribution >= 0.6 is 0 Å². The molecule has 9 heteroatoms. The van der Waals surface area contributed by atoms with Crippen molar-refractivity contribution in [2.24, 2.45) is 5.92 Å². The predicted molar refractivity (Wildman–Crippen MR) is 142 cm³/mol. The van der Waals surface area contributed by atoms with Crippen LogP contribution in [0.4, 0.5) is 0 Å². The fourth-order valence-electron chi connectivity index (χ4n) is 4.26. The van der Waals surface area contributed by atoms with Crippen molar-refractivity contribution in [3.63, 3.8) is 0 Å². The van der Waals surface area contributed by atoms with Crippen molar-refractivity contribution in [1.82, 2.24) is 9.29 Å². The Hall–Kier alpha value is -3.11. The molecule has 2 N–H and O–H groups in total. The number of rotatable bonds is 12. The Morgan fingerprint density at radius 2 is 1.62 bits per heavy atom. The molecule has 0 fully saturated rings. The lowest BCUT2D eigenvalue weighted by Crippen LogP contribution is -3.17. The van der Waals surface area contributed by atoms with Crippen LogP contribution in [0.25, 0.3) is 0 Å². The summed E-state index contributed by atoms with van der Waals surface area (Å²) < 4.78 is 33.7. The highest BCUT2D eigenvalue weighted by molar-refractivity contribution is 7.89. The molecule has 3 atom stereocenters. The van der Waals surface area contributed by atoms with Crippen molar-refractivity contribution in [1.29, 1.82) is 0 Å². The van der Waals surface area contributed by atoms with E-state index < -0.39 is 22.2 Å². The van der Waals surface area contributed by atoms with Gasteiger partial charge in [-0.15, -0.1) is 0 Å². The standard InChI is InChI=1S/C28H35N3O5S/c1-21(2)19-31(37(34,35)25-12-10-24(36-4)11-13-25)20-27(32)26(18-22-8-6-5-7-9-22)30(3)28(33)23-14-16-29-17-15-23/h5-17,21,26-27,32H,18-20H2,1-4H3/p+1/t26-,27+/m0/s1. The molecule has 0 spiro atoms. The minimum Gasteiger partial charge on any atom is -0.497 e. The van der Waals surface area contributed by atoms with Gasteiger partial charge in [0, 0.05) is 31.9 Å². The van der Waals surface area contributed by atoms with Crippen molar-refractivity contribution >= 4 is 15.9 Å². The molecule has 3 aromatic rings. The molecule has 37 heavy (non-hydrogen) atoms. The largest absolute Gasteiger partial charge is 0.497 e. The zero-order valence-electron chi connectivity index (χ0n) is 21.7. The summed E-state index contributed by atoms with van der Waals surface area (Å²) in [6.07, 6.45) is 2.38. The van der Waals surface area contributed by atoms with Crippen LogP contribution in [-0.4, -0.2) is 68.1 Å². The van der Waals surface area contributed by atoms with E-state index in [9.17, 15) is 18.3 Å². The second kappa shape index (κ2) is 12.9. The number of carbonyl (C=O) groups is 1. The van der Waals surface area contributed by atoms with Crippen LogP contribution < -0.4 is 9.64 Å². The van der Waals surface area contributed by atoms with Crippen molar-refractivity contribution in [2.45, 2.75) is 37.3 Å². The normalized spacial score (nSPS) is 14.4. The number of nitrogens with one attached hydrogen (secondary N) is 1. The second-order valence-corrected chi connectivity index (χ2v) is 11.4. The van der Waals surface area contributed by atoms with E-state index in [2.05, 4.69) is 4.98 Å². The van der Waals surface area contributed by atoms with Crippen LogP contribution in [0, 0.1) is 5.92 Å². The van der Waals surface area contributed by atoms with E-state index >= 15 is 0 Å². The summed E-state index contributed by atoms with van der Waals surface area (Å²) in [6.45, 7) is 3.93. The fraction of sp³-hybridized carbons (Fsp3) is 0.357. The quantitative estimate of drug-likeness (QED) is 0.375. The molecule has 198 valence electrons. The number of methoxy groups -OCH3 is 1. The van der Waals surface area contributed by atoms with E-state index in [1.807, 2.05) is 44.2 Å². The van der Waals surface area contributed by atoms with Gasteiger partial charge in [0.1, 0.15) is 17.9 Å². The van der Waals surface area contributed by atoms with Gasteiger partial charge in [0.15, 0.2) is 0 Å². The number of quaternary nitrogens is 1. The highest BCUT2D eigenvalue weighted by atomic mass is 32.2. The third-order valence-electron chi connectivity index (χ3n) is 6.28. The third kappa shape index (κ3) is 7.45. The summed E-state index contributed by atoms with van der Waals surface area (Å²) in [5.41, 5.74) is 1.42. The number of benzene rings is 2. The van der Waals surface area contributed by atoms with Crippen LogP contribution in [0.1, 0.15) is 29.8 Å². The molecule has 8 nitrogen and oxygen atoms in total. The molecule has 0 saturated heterocycles. The number of aliphatic hydroxyl groups is 1. The number of pyridine rings is 1. The molecule has 1 unspecified atom stereocenters. The summed E-state index contributed by atoms with van der Waals surface area (Å²) in [4.78, 5) is 17.9. The van der Waals surface area contributed by atoms with E-state index in [0.29, 0.717) is 22.6 Å². The highest BCUT2D eigenvalue weighted by Gasteiger charge is 2.37. The Balaban J connectivity index is 1.92. The number of sulfonamides is 1. The number of carbonyl (C=O) groups excluding carboxylic acids is 1. The Labute approximate surface area is 219 Å². The lowest BCUT2D eigenvalue weighted by atomic mass is 9.99. The topological polar surface area (TPSA) is 101 Å². The van der Waals surface area contributed by atoms with E-state index in [4.69, 9.17) is 4.74 Å². The molecule has 0 aliphatic heterocycles. The van der Waals surface area contributed by atoms with Crippen molar-refractivity contribution in [3.8, 4) is 5.75 Å². The van der Waals surface area contributed by atoms with Gasteiger partial charge in [0.25, 0.3) is 0 Å². The smallest absolute Gasteiger partial charge is 0.344 e. The highest BCUT2D eigenvalue weighted by Crippen LogP contribution is 2.21. The summed E-state index contributed by atoms with van der Waals surface area (Å²) in [6, 6.07) is 18.4. The maximum atomic E-state index is 13.6. The molecule has 0 bridgehead atoms. The minimum absolute atomic E-state index is 0.0244. The summed E-state index contributed by atoms with van der Waals surface area (Å²) in [7, 11) is -0.675. The van der Waals surface area contributed by atoms with Gasteiger partial charge in [-0.2, -0.15) is 4.31 Å². The number of amides is 1. The Bertz CT molecular complexity index is 1240. The van der Waals surface area contributed by atoms with Gasteiger partial charge in [0.05, 0.1) is 24.6 Å². The first-order valence-electron chi connectivity index (χ1n) is 12.3. The lowest BCUT2D eigenvalue weighted by Gasteiger charge is -2.32. The van der Waals surface area contributed by atoms with Gasteiger partial charge in [-0.1, -0.05) is 44.2 Å². The fourth-order valence-corrected chi connectivity index (χ4v) is 5.88. The summed E-state index contributed by atoms with van der Waals surface area (Å²) in [5, 5.41) is 11.5. The number of hydrogen-bond acceptors (Lipinski definition) is 6. The van der Waals surface area contributed by atoms with Gasteiger partial charge in [0.2, 0.25) is 10.0 Å². The maximum absolute atomic E-state index is 13.6. The van der Waals surface area contributed by atoms with E-state index in [0.717, 1.165) is 5.56 Å². The zero-order chi connectivity index (χ0) is 27.0. The number of nitrogens with zero attached hydrogens (tertiary/aromatic N) is 2. The molecule has 0 aliphatic rings. The Morgan fingerprint density at radius 1 is 1.00 bits per heavy atom. The lowest BCUT2D eigenvalue weighted by molar-refractivity contribution is -0.825. The van der Waals surface area contributed by atoms with Crippen LogP contribution in [0.15, 0.2) is 84.0 Å². The van der Waals surface area contributed by atoms with Gasteiger partial charge in [-0.05, 0) is 47.9 Å². The molecule has 0 saturated carbocycles. The van der Waals surface area contributed by atoms with Crippen LogP contribution in [0.3, 0.4) is 0 Å². The van der Waals surface area contributed by atoms with Crippen LogP contribution in [0.2, 0.25) is 0 Å². The zero-order valence-corrected chi connectivity index (χ0v) is 22.6. The number of aliphatic hydroxyl groups excluding tert-OH is 1. The average Bonchev–Trinajstić information content (AvgIpc) is 2.91. The molecule has 0 radical (unpaired) electrons. The van der Waals surface area contributed by atoms with E-state index in [1.54, 1.807) is 43.7 Å². The van der Waals surface area contributed by atoms with Crippen LogP contribution in [-0.2, 0) is 16.4 Å². The van der Waals surface area contributed by atoms with Gasteiger partial charge in [-0.25, -0.2) is 13.2 Å². The van der Waals surface area contributed by atoms with Gasteiger partial charge < -0.3 is 9.84 Å².